The number of carbonyl (C=O) groups excluding carboxylic acids is 1. The number of anilines is 1. The van der Waals surface area contributed by atoms with Crippen LogP contribution in [0.3, 0.4) is 0 Å². The molecule has 1 heterocycles. The third-order valence-electron chi connectivity index (χ3n) is 4.53. The molecule has 2 atom stereocenters. The zero-order valence-electron chi connectivity index (χ0n) is 13.2. The molecule has 116 valence electrons. The predicted octanol–water partition coefficient (Wildman–Crippen LogP) is 1.75. The van der Waals surface area contributed by atoms with E-state index < -0.39 is 5.91 Å². The molecule has 0 spiro atoms. The minimum absolute atomic E-state index is 0.388. The van der Waals surface area contributed by atoms with E-state index in [2.05, 4.69) is 16.8 Å². The number of rotatable bonds is 5. The highest BCUT2D eigenvalue weighted by Crippen LogP contribution is 2.34. The molecule has 1 aromatic rings. The fourth-order valence-corrected chi connectivity index (χ4v) is 3.63. The molecule has 1 aliphatic carbocycles. The molecule has 1 aromatic heterocycles. The number of aromatic nitrogens is 1. The van der Waals surface area contributed by atoms with E-state index in [1.165, 1.54) is 6.42 Å². The van der Waals surface area contributed by atoms with Gasteiger partial charge in [-0.3, -0.25) is 9.78 Å². The van der Waals surface area contributed by atoms with Gasteiger partial charge in [0.2, 0.25) is 0 Å². The Morgan fingerprint density at radius 2 is 2.14 bits per heavy atom. The van der Waals surface area contributed by atoms with Crippen LogP contribution in [0.1, 0.15) is 47.9 Å². The Morgan fingerprint density at radius 3 is 2.71 bits per heavy atom. The summed E-state index contributed by atoms with van der Waals surface area (Å²) in [6.07, 6.45) is 3.47. The summed E-state index contributed by atoms with van der Waals surface area (Å²) < 4.78 is 0. The van der Waals surface area contributed by atoms with Crippen LogP contribution >= 0.6 is 0 Å². The molecular weight excluding hydrogens is 264 g/mol. The van der Waals surface area contributed by atoms with Gasteiger partial charge in [0.15, 0.2) is 0 Å². The van der Waals surface area contributed by atoms with Gasteiger partial charge in [-0.1, -0.05) is 6.42 Å². The summed E-state index contributed by atoms with van der Waals surface area (Å²) in [5.74, 6) is 0.0789. The first-order valence-electron chi connectivity index (χ1n) is 7.74. The average Bonchev–Trinajstić information content (AvgIpc) is 2.86. The molecule has 2 rings (SSSR count). The first kappa shape index (κ1) is 15.8. The summed E-state index contributed by atoms with van der Waals surface area (Å²) in [5.41, 5.74) is 14.6. The summed E-state index contributed by atoms with van der Waals surface area (Å²) in [4.78, 5) is 18.6. The van der Waals surface area contributed by atoms with E-state index in [4.69, 9.17) is 11.5 Å². The van der Waals surface area contributed by atoms with Gasteiger partial charge >= 0.3 is 0 Å². The molecule has 1 saturated carbocycles. The second-order valence-electron chi connectivity index (χ2n) is 5.89. The smallest absolute Gasteiger partial charge is 0.252 e. The van der Waals surface area contributed by atoms with Gasteiger partial charge < -0.3 is 16.4 Å². The van der Waals surface area contributed by atoms with Crippen LogP contribution in [-0.4, -0.2) is 30.0 Å². The van der Waals surface area contributed by atoms with E-state index in [1.807, 2.05) is 19.9 Å². The Bertz CT molecular complexity index is 529. The molecule has 1 amide bonds. The number of carbonyl (C=O) groups is 1. The maximum absolute atomic E-state index is 11.9. The molecule has 0 aliphatic heterocycles. The molecular formula is C16H26N4O. The monoisotopic (exact) mass is 290 g/mol. The van der Waals surface area contributed by atoms with Crippen molar-refractivity contribution in [2.45, 2.75) is 46.1 Å². The molecule has 0 bridgehead atoms. The summed E-state index contributed by atoms with van der Waals surface area (Å²) >= 11 is 0. The third-order valence-corrected chi connectivity index (χ3v) is 4.53. The quantitative estimate of drug-likeness (QED) is 0.865. The highest BCUT2D eigenvalue weighted by atomic mass is 16.1. The van der Waals surface area contributed by atoms with Crippen LogP contribution in [0, 0.1) is 19.8 Å². The van der Waals surface area contributed by atoms with Gasteiger partial charge in [0.05, 0.1) is 16.9 Å². The molecule has 5 heteroatoms. The van der Waals surface area contributed by atoms with Crippen molar-refractivity contribution in [2.24, 2.45) is 17.4 Å². The maximum Gasteiger partial charge on any atom is 0.252 e. The summed E-state index contributed by atoms with van der Waals surface area (Å²) in [6, 6.07) is 2.36. The molecule has 21 heavy (non-hydrogen) atoms. The van der Waals surface area contributed by atoms with Crippen LogP contribution < -0.4 is 16.4 Å². The number of primary amides is 1. The lowest BCUT2D eigenvalue weighted by molar-refractivity contribution is 0.0999. The Kier molecular flexibility index (Phi) is 4.83. The van der Waals surface area contributed by atoms with Crippen LogP contribution in [0.2, 0.25) is 0 Å². The van der Waals surface area contributed by atoms with E-state index >= 15 is 0 Å². The van der Waals surface area contributed by atoms with Gasteiger partial charge in [0, 0.05) is 18.3 Å². The number of aryl methyl sites for hydroxylation is 2. The van der Waals surface area contributed by atoms with Gasteiger partial charge in [0.25, 0.3) is 5.91 Å². The molecule has 1 aliphatic rings. The van der Waals surface area contributed by atoms with Crippen molar-refractivity contribution in [3.8, 4) is 0 Å². The fourth-order valence-electron chi connectivity index (χ4n) is 3.63. The number of nitrogens with zero attached hydrogens (tertiary/aromatic N) is 2. The molecule has 5 nitrogen and oxygen atoms in total. The number of amides is 1. The Hall–Kier alpha value is -1.62. The van der Waals surface area contributed by atoms with Crippen molar-refractivity contribution < 1.29 is 4.79 Å². The van der Waals surface area contributed by atoms with Crippen molar-refractivity contribution >= 4 is 11.6 Å². The van der Waals surface area contributed by atoms with E-state index in [0.717, 1.165) is 30.8 Å². The maximum atomic E-state index is 11.9. The molecule has 0 radical (unpaired) electrons. The van der Waals surface area contributed by atoms with Crippen LogP contribution in [0.25, 0.3) is 0 Å². The second-order valence-corrected chi connectivity index (χ2v) is 5.89. The minimum Gasteiger partial charge on any atom is -0.368 e. The zero-order valence-corrected chi connectivity index (χ0v) is 13.2. The highest BCUT2D eigenvalue weighted by molar-refractivity contribution is 5.99. The SMILES string of the molecule is CCN(c1cc(C)nc(C)c1C(N)=O)C1CCCC1CN. The lowest BCUT2D eigenvalue weighted by Crippen LogP contribution is -2.41. The topological polar surface area (TPSA) is 85.2 Å². The van der Waals surface area contributed by atoms with Crippen molar-refractivity contribution in [1.29, 1.82) is 0 Å². The lowest BCUT2D eigenvalue weighted by Gasteiger charge is -2.35. The summed E-state index contributed by atoms with van der Waals surface area (Å²) in [5, 5.41) is 0. The minimum atomic E-state index is -0.407. The van der Waals surface area contributed by atoms with Gasteiger partial charge in [0.1, 0.15) is 0 Å². The molecule has 1 fully saturated rings. The molecule has 2 unspecified atom stereocenters. The van der Waals surface area contributed by atoms with Crippen molar-refractivity contribution in [3.05, 3.63) is 23.0 Å². The van der Waals surface area contributed by atoms with Gasteiger partial charge in [-0.25, -0.2) is 0 Å². The van der Waals surface area contributed by atoms with Crippen molar-refractivity contribution in [1.82, 2.24) is 4.98 Å². The average molecular weight is 290 g/mol. The number of nitrogens with two attached hydrogens (primary N) is 2. The Balaban J connectivity index is 2.49. The number of hydrogen-bond donors (Lipinski definition) is 2. The van der Waals surface area contributed by atoms with Gasteiger partial charge in [-0.15, -0.1) is 0 Å². The standard InChI is InChI=1S/C16H26N4O/c1-4-20(13-7-5-6-12(13)9-17)14-8-10(2)19-11(3)15(14)16(18)21/h8,12-13H,4-7,9,17H2,1-3H3,(H2,18,21). The van der Waals surface area contributed by atoms with Crippen LogP contribution in [-0.2, 0) is 0 Å². The predicted molar refractivity (Wildman–Crippen MR) is 85.4 cm³/mol. The second kappa shape index (κ2) is 6.43. The van der Waals surface area contributed by atoms with Gasteiger partial charge in [-0.2, -0.15) is 0 Å². The first-order chi connectivity index (χ1) is 9.99. The Labute approximate surface area is 126 Å². The number of pyridine rings is 1. The van der Waals surface area contributed by atoms with E-state index in [9.17, 15) is 4.79 Å². The molecule has 4 N–H and O–H groups in total. The van der Waals surface area contributed by atoms with Crippen LogP contribution in [0.15, 0.2) is 6.07 Å². The van der Waals surface area contributed by atoms with E-state index in [1.54, 1.807) is 0 Å². The highest BCUT2D eigenvalue weighted by Gasteiger charge is 2.32. The van der Waals surface area contributed by atoms with Crippen LogP contribution in [0.4, 0.5) is 5.69 Å². The zero-order chi connectivity index (χ0) is 15.6. The van der Waals surface area contributed by atoms with Gasteiger partial charge in [-0.05, 0) is 52.1 Å². The summed E-state index contributed by atoms with van der Waals surface area (Å²) in [7, 11) is 0. The van der Waals surface area contributed by atoms with Crippen LogP contribution in [0.5, 0.6) is 0 Å². The fraction of sp³-hybridized carbons (Fsp3) is 0.625. The van der Waals surface area contributed by atoms with E-state index in [0.29, 0.717) is 29.8 Å². The first-order valence-corrected chi connectivity index (χ1v) is 7.74. The summed E-state index contributed by atoms with van der Waals surface area (Å²) in [6.45, 7) is 7.44. The Morgan fingerprint density at radius 1 is 1.43 bits per heavy atom. The molecule has 0 saturated heterocycles. The molecule has 0 aromatic carbocycles. The van der Waals surface area contributed by atoms with Crippen molar-refractivity contribution in [2.75, 3.05) is 18.0 Å². The largest absolute Gasteiger partial charge is 0.368 e. The number of hydrogen-bond acceptors (Lipinski definition) is 4. The van der Waals surface area contributed by atoms with E-state index in [-0.39, 0.29) is 0 Å². The third kappa shape index (κ3) is 3.02. The van der Waals surface area contributed by atoms with Crippen molar-refractivity contribution in [3.63, 3.8) is 0 Å². The normalized spacial score (nSPS) is 21.5. The lowest BCUT2D eigenvalue weighted by atomic mass is 9.99.